The summed E-state index contributed by atoms with van der Waals surface area (Å²) in [6.07, 6.45) is 1.03. The molecule has 0 fully saturated rings. The SMILES string of the molecule is Cc1ccc2c(c1)C(CN)N(CCc1ccc(Cl)cc1)C2. The maximum atomic E-state index is 6.02. The number of benzene rings is 2. The fourth-order valence-corrected chi connectivity index (χ4v) is 3.25. The zero-order valence-electron chi connectivity index (χ0n) is 12.3. The Balaban J connectivity index is 1.71. The van der Waals surface area contributed by atoms with Crippen molar-refractivity contribution in [3.05, 3.63) is 69.7 Å². The normalized spacial score (nSPS) is 18.0. The van der Waals surface area contributed by atoms with Gasteiger partial charge in [0, 0.05) is 30.7 Å². The summed E-state index contributed by atoms with van der Waals surface area (Å²) in [6, 6.07) is 15.2. The average Bonchev–Trinajstić information content (AvgIpc) is 2.83. The van der Waals surface area contributed by atoms with Crippen LogP contribution in [-0.2, 0) is 13.0 Å². The standard InChI is InChI=1S/C18H21ClN2/c1-13-2-5-15-12-21(18(11-20)17(15)10-13)9-8-14-3-6-16(19)7-4-14/h2-7,10,18H,8-9,11-12,20H2,1H3. The van der Waals surface area contributed by atoms with Crippen molar-refractivity contribution >= 4 is 11.6 Å². The number of hydrogen-bond donors (Lipinski definition) is 1. The molecule has 1 aliphatic rings. The molecule has 2 N–H and O–H groups in total. The number of hydrogen-bond acceptors (Lipinski definition) is 2. The lowest BCUT2D eigenvalue weighted by molar-refractivity contribution is 0.223. The first-order valence-corrected chi connectivity index (χ1v) is 7.83. The third kappa shape index (κ3) is 3.13. The van der Waals surface area contributed by atoms with Gasteiger partial charge >= 0.3 is 0 Å². The van der Waals surface area contributed by atoms with Gasteiger partial charge in [-0.25, -0.2) is 0 Å². The first-order chi connectivity index (χ1) is 10.2. The van der Waals surface area contributed by atoms with E-state index < -0.39 is 0 Å². The zero-order valence-corrected chi connectivity index (χ0v) is 13.1. The van der Waals surface area contributed by atoms with Crippen molar-refractivity contribution in [3.63, 3.8) is 0 Å². The first-order valence-electron chi connectivity index (χ1n) is 7.45. The van der Waals surface area contributed by atoms with Gasteiger partial charge in [-0.2, -0.15) is 0 Å². The molecule has 0 radical (unpaired) electrons. The summed E-state index contributed by atoms with van der Waals surface area (Å²) in [4.78, 5) is 2.48. The second-order valence-electron chi connectivity index (χ2n) is 5.80. The maximum Gasteiger partial charge on any atom is 0.0477 e. The van der Waals surface area contributed by atoms with E-state index in [1.165, 1.54) is 22.3 Å². The largest absolute Gasteiger partial charge is 0.329 e. The minimum atomic E-state index is 0.354. The van der Waals surface area contributed by atoms with E-state index in [2.05, 4.69) is 42.2 Å². The molecule has 2 aromatic rings. The Morgan fingerprint density at radius 1 is 1.19 bits per heavy atom. The topological polar surface area (TPSA) is 29.3 Å². The molecular weight excluding hydrogens is 280 g/mol. The molecule has 2 nitrogen and oxygen atoms in total. The fraction of sp³-hybridized carbons (Fsp3) is 0.333. The summed E-state index contributed by atoms with van der Waals surface area (Å²) in [5.74, 6) is 0. The van der Waals surface area contributed by atoms with Gasteiger partial charge in [-0.1, -0.05) is 47.5 Å². The number of halogens is 1. The van der Waals surface area contributed by atoms with Gasteiger partial charge in [0.25, 0.3) is 0 Å². The highest BCUT2D eigenvalue weighted by molar-refractivity contribution is 6.30. The van der Waals surface area contributed by atoms with Gasteiger partial charge in [0.15, 0.2) is 0 Å². The molecule has 21 heavy (non-hydrogen) atoms. The Hall–Kier alpha value is -1.35. The monoisotopic (exact) mass is 300 g/mol. The molecule has 1 heterocycles. The number of nitrogens with two attached hydrogens (primary N) is 1. The third-order valence-corrected chi connectivity index (χ3v) is 4.55. The Morgan fingerprint density at radius 3 is 2.67 bits per heavy atom. The Bertz CT molecular complexity index is 622. The van der Waals surface area contributed by atoms with E-state index in [9.17, 15) is 0 Å². The first kappa shape index (κ1) is 14.6. The predicted molar refractivity (Wildman–Crippen MR) is 88.5 cm³/mol. The van der Waals surface area contributed by atoms with Crippen molar-refractivity contribution in [1.29, 1.82) is 0 Å². The molecule has 0 amide bonds. The summed E-state index contributed by atoms with van der Waals surface area (Å²) in [5, 5.41) is 0.794. The van der Waals surface area contributed by atoms with Crippen LogP contribution < -0.4 is 5.73 Å². The van der Waals surface area contributed by atoms with Crippen LogP contribution in [0.1, 0.15) is 28.3 Å². The highest BCUT2D eigenvalue weighted by Gasteiger charge is 2.28. The zero-order chi connectivity index (χ0) is 14.8. The van der Waals surface area contributed by atoms with Crippen LogP contribution in [0.3, 0.4) is 0 Å². The minimum absolute atomic E-state index is 0.354. The molecule has 3 heteroatoms. The lowest BCUT2D eigenvalue weighted by Crippen LogP contribution is -2.29. The summed E-state index contributed by atoms with van der Waals surface area (Å²) in [6.45, 7) is 4.85. The molecule has 0 saturated carbocycles. The van der Waals surface area contributed by atoms with E-state index >= 15 is 0 Å². The molecule has 1 aliphatic heterocycles. The van der Waals surface area contributed by atoms with Crippen LogP contribution in [0.25, 0.3) is 0 Å². The van der Waals surface area contributed by atoms with Crippen LogP contribution >= 0.6 is 11.6 Å². The molecule has 2 aromatic carbocycles. The highest BCUT2D eigenvalue weighted by atomic mass is 35.5. The molecule has 0 spiro atoms. The van der Waals surface area contributed by atoms with Crippen LogP contribution in [0.15, 0.2) is 42.5 Å². The fourth-order valence-electron chi connectivity index (χ4n) is 3.13. The number of nitrogens with zero attached hydrogens (tertiary/aromatic N) is 1. The van der Waals surface area contributed by atoms with Gasteiger partial charge in [-0.3, -0.25) is 4.90 Å². The van der Waals surface area contributed by atoms with Crippen LogP contribution in [0.4, 0.5) is 0 Å². The lowest BCUT2D eigenvalue weighted by atomic mass is 10.0. The van der Waals surface area contributed by atoms with Crippen molar-refractivity contribution in [3.8, 4) is 0 Å². The summed E-state index contributed by atoms with van der Waals surface area (Å²) >= 11 is 5.93. The average molecular weight is 301 g/mol. The summed E-state index contributed by atoms with van der Waals surface area (Å²) < 4.78 is 0. The third-order valence-electron chi connectivity index (χ3n) is 4.30. The summed E-state index contributed by atoms with van der Waals surface area (Å²) in [5.41, 5.74) is 11.5. The van der Waals surface area contributed by atoms with Gasteiger partial charge in [-0.05, 0) is 42.2 Å². The Morgan fingerprint density at radius 2 is 1.95 bits per heavy atom. The molecular formula is C18H21ClN2. The molecule has 110 valence electrons. The Kier molecular flexibility index (Phi) is 4.29. The van der Waals surface area contributed by atoms with E-state index in [1.54, 1.807) is 0 Å². The molecule has 0 aromatic heterocycles. The van der Waals surface area contributed by atoms with E-state index in [-0.39, 0.29) is 0 Å². The molecule has 0 saturated heterocycles. The van der Waals surface area contributed by atoms with Crippen LogP contribution in [0.2, 0.25) is 5.02 Å². The van der Waals surface area contributed by atoms with E-state index in [0.29, 0.717) is 12.6 Å². The van der Waals surface area contributed by atoms with E-state index in [0.717, 1.165) is 24.5 Å². The van der Waals surface area contributed by atoms with Crippen LogP contribution in [0, 0.1) is 6.92 Å². The van der Waals surface area contributed by atoms with E-state index in [4.69, 9.17) is 17.3 Å². The molecule has 3 rings (SSSR count). The number of fused-ring (bicyclic) bond motifs is 1. The Labute approximate surface area is 131 Å². The van der Waals surface area contributed by atoms with Gasteiger partial charge in [-0.15, -0.1) is 0 Å². The van der Waals surface area contributed by atoms with Crippen LogP contribution in [-0.4, -0.2) is 18.0 Å². The van der Waals surface area contributed by atoms with Crippen molar-refractivity contribution in [1.82, 2.24) is 4.90 Å². The quantitative estimate of drug-likeness (QED) is 0.933. The number of rotatable bonds is 4. The van der Waals surface area contributed by atoms with Gasteiger partial charge in [0.05, 0.1) is 0 Å². The van der Waals surface area contributed by atoms with Crippen molar-refractivity contribution in [2.24, 2.45) is 5.73 Å². The predicted octanol–water partition coefficient (Wildman–Crippen LogP) is 3.71. The molecule has 0 aliphatic carbocycles. The lowest BCUT2D eigenvalue weighted by Gasteiger charge is -2.23. The van der Waals surface area contributed by atoms with Crippen molar-refractivity contribution < 1.29 is 0 Å². The van der Waals surface area contributed by atoms with Gasteiger partial charge in [0.2, 0.25) is 0 Å². The van der Waals surface area contributed by atoms with Gasteiger partial charge in [0.1, 0.15) is 0 Å². The van der Waals surface area contributed by atoms with Crippen LogP contribution in [0.5, 0.6) is 0 Å². The minimum Gasteiger partial charge on any atom is -0.329 e. The van der Waals surface area contributed by atoms with Crippen molar-refractivity contribution in [2.75, 3.05) is 13.1 Å². The van der Waals surface area contributed by atoms with Crippen molar-refractivity contribution in [2.45, 2.75) is 25.9 Å². The maximum absolute atomic E-state index is 6.02. The highest BCUT2D eigenvalue weighted by Crippen LogP contribution is 2.33. The van der Waals surface area contributed by atoms with E-state index in [1.807, 2.05) is 12.1 Å². The smallest absolute Gasteiger partial charge is 0.0477 e. The second kappa shape index (κ2) is 6.18. The van der Waals surface area contributed by atoms with Gasteiger partial charge < -0.3 is 5.73 Å². The second-order valence-corrected chi connectivity index (χ2v) is 6.24. The molecule has 1 atom stereocenters. The number of aryl methyl sites for hydroxylation is 1. The molecule has 1 unspecified atom stereocenters. The summed E-state index contributed by atoms with van der Waals surface area (Å²) in [7, 11) is 0. The molecule has 0 bridgehead atoms.